The van der Waals surface area contributed by atoms with Crippen LogP contribution in [0.1, 0.15) is 5.56 Å². The molecule has 0 aliphatic rings. The van der Waals surface area contributed by atoms with Gasteiger partial charge in [-0.3, -0.25) is 4.79 Å². The fourth-order valence-electron chi connectivity index (χ4n) is 1.56. The van der Waals surface area contributed by atoms with Crippen LogP contribution in [0.15, 0.2) is 48.5 Å². The summed E-state index contributed by atoms with van der Waals surface area (Å²) in [6.07, 6.45) is 0. The van der Waals surface area contributed by atoms with E-state index in [9.17, 15) is 4.79 Å². The summed E-state index contributed by atoms with van der Waals surface area (Å²) in [5.41, 5.74) is 6.21. The summed E-state index contributed by atoms with van der Waals surface area (Å²) in [6, 6.07) is 14.9. The Morgan fingerprint density at radius 2 is 1.60 bits per heavy atom. The summed E-state index contributed by atoms with van der Waals surface area (Å²) in [5.74, 6) is 2.30. The highest BCUT2D eigenvalue weighted by Crippen LogP contribution is 2.24. The minimum atomic E-state index is -0.294. The average molecular weight is 308 g/mol. The van der Waals surface area contributed by atoms with Crippen LogP contribution in [0.3, 0.4) is 0 Å². The van der Waals surface area contributed by atoms with Gasteiger partial charge in [0.1, 0.15) is 11.5 Å². The van der Waals surface area contributed by atoms with E-state index in [0.29, 0.717) is 10.8 Å². The molecule has 0 heterocycles. The normalized spacial score (nSPS) is 10.2. The van der Waals surface area contributed by atoms with Crippen molar-refractivity contribution in [1.29, 1.82) is 0 Å². The van der Waals surface area contributed by atoms with Gasteiger partial charge >= 0.3 is 0 Å². The fourth-order valence-corrected chi connectivity index (χ4v) is 2.42. The first kappa shape index (κ1) is 14.8. The first-order chi connectivity index (χ1) is 9.63. The molecular formula is C15H14ClNO2S. The molecule has 2 rings (SSSR count). The van der Waals surface area contributed by atoms with Crippen LogP contribution < -0.4 is 10.5 Å². The number of thioether (sulfide) groups is 1. The topological polar surface area (TPSA) is 52.3 Å². The molecule has 0 atom stereocenters. The quantitative estimate of drug-likeness (QED) is 0.882. The number of ether oxygens (including phenoxy) is 1. The molecule has 0 unspecified atom stereocenters. The maximum absolute atomic E-state index is 10.6. The van der Waals surface area contributed by atoms with Crippen LogP contribution in [-0.2, 0) is 10.5 Å². The zero-order valence-electron chi connectivity index (χ0n) is 10.7. The summed E-state index contributed by atoms with van der Waals surface area (Å²) < 4.78 is 5.69. The molecule has 0 aromatic heterocycles. The summed E-state index contributed by atoms with van der Waals surface area (Å²) in [4.78, 5) is 10.6. The molecule has 5 heteroatoms. The summed E-state index contributed by atoms with van der Waals surface area (Å²) in [7, 11) is 0. The van der Waals surface area contributed by atoms with Gasteiger partial charge in [-0.05, 0) is 42.0 Å². The number of primary amides is 1. The van der Waals surface area contributed by atoms with Crippen molar-refractivity contribution in [3.05, 3.63) is 59.1 Å². The Morgan fingerprint density at radius 3 is 2.15 bits per heavy atom. The van der Waals surface area contributed by atoms with E-state index in [2.05, 4.69) is 0 Å². The molecule has 3 nitrogen and oxygen atoms in total. The highest BCUT2D eigenvalue weighted by molar-refractivity contribution is 7.99. The monoisotopic (exact) mass is 307 g/mol. The third kappa shape index (κ3) is 4.79. The molecule has 0 bridgehead atoms. The highest BCUT2D eigenvalue weighted by Gasteiger charge is 2.00. The zero-order valence-corrected chi connectivity index (χ0v) is 12.3. The number of carbonyl (C=O) groups excluding carboxylic acids is 1. The van der Waals surface area contributed by atoms with Gasteiger partial charge in [0.05, 0.1) is 5.75 Å². The van der Waals surface area contributed by atoms with E-state index >= 15 is 0 Å². The number of amides is 1. The van der Waals surface area contributed by atoms with E-state index in [1.165, 1.54) is 11.8 Å². The Bertz CT molecular complexity index is 569. The molecule has 0 aliphatic carbocycles. The Labute approximate surface area is 127 Å². The summed E-state index contributed by atoms with van der Waals surface area (Å²) in [6.45, 7) is 0. The lowest BCUT2D eigenvalue weighted by Crippen LogP contribution is -2.13. The SMILES string of the molecule is NC(=O)CSCc1ccc(Oc2ccc(Cl)cc2)cc1. The largest absolute Gasteiger partial charge is 0.457 e. The predicted molar refractivity (Wildman–Crippen MR) is 83.3 cm³/mol. The Kier molecular flexibility index (Phi) is 5.32. The molecule has 0 saturated carbocycles. The second-order valence-corrected chi connectivity index (χ2v) is 5.58. The van der Waals surface area contributed by atoms with Crippen LogP contribution >= 0.6 is 23.4 Å². The molecule has 0 saturated heterocycles. The lowest BCUT2D eigenvalue weighted by Gasteiger charge is -2.06. The fraction of sp³-hybridized carbons (Fsp3) is 0.133. The van der Waals surface area contributed by atoms with Gasteiger partial charge in [-0.15, -0.1) is 11.8 Å². The Balaban J connectivity index is 1.91. The number of halogens is 1. The lowest BCUT2D eigenvalue weighted by atomic mass is 10.2. The number of hydrogen-bond acceptors (Lipinski definition) is 3. The molecule has 20 heavy (non-hydrogen) atoms. The molecule has 2 N–H and O–H groups in total. The molecule has 0 fully saturated rings. The van der Waals surface area contributed by atoms with E-state index in [-0.39, 0.29) is 5.91 Å². The van der Waals surface area contributed by atoms with Crippen molar-refractivity contribution in [2.24, 2.45) is 5.73 Å². The molecule has 0 aliphatic heterocycles. The minimum absolute atomic E-state index is 0.294. The van der Waals surface area contributed by atoms with Crippen molar-refractivity contribution in [2.75, 3.05) is 5.75 Å². The number of hydrogen-bond donors (Lipinski definition) is 1. The number of rotatable bonds is 6. The van der Waals surface area contributed by atoms with Gasteiger partial charge < -0.3 is 10.5 Å². The summed E-state index contributed by atoms with van der Waals surface area (Å²) in [5, 5.41) is 0.680. The van der Waals surface area contributed by atoms with Crippen molar-refractivity contribution < 1.29 is 9.53 Å². The first-order valence-corrected chi connectivity index (χ1v) is 7.55. The van der Waals surface area contributed by atoms with Gasteiger partial charge in [-0.2, -0.15) is 0 Å². The van der Waals surface area contributed by atoms with Gasteiger partial charge in [0.15, 0.2) is 0 Å². The van der Waals surface area contributed by atoms with E-state index in [1.54, 1.807) is 12.1 Å². The van der Waals surface area contributed by atoms with E-state index in [1.807, 2.05) is 36.4 Å². The minimum Gasteiger partial charge on any atom is -0.457 e. The van der Waals surface area contributed by atoms with Gasteiger partial charge in [0.2, 0.25) is 5.91 Å². The second kappa shape index (κ2) is 7.22. The number of benzene rings is 2. The van der Waals surface area contributed by atoms with Crippen molar-refractivity contribution in [2.45, 2.75) is 5.75 Å². The van der Waals surface area contributed by atoms with Gasteiger partial charge in [-0.1, -0.05) is 23.7 Å². The molecule has 104 valence electrons. The second-order valence-electron chi connectivity index (χ2n) is 4.16. The summed E-state index contributed by atoms with van der Waals surface area (Å²) >= 11 is 7.31. The molecule has 0 radical (unpaired) electrons. The van der Waals surface area contributed by atoms with E-state index in [0.717, 1.165) is 22.8 Å². The van der Waals surface area contributed by atoms with Crippen LogP contribution in [0.2, 0.25) is 5.02 Å². The molecule has 2 aromatic carbocycles. The van der Waals surface area contributed by atoms with Gasteiger partial charge in [-0.25, -0.2) is 0 Å². The number of nitrogens with two attached hydrogens (primary N) is 1. The maximum Gasteiger partial charge on any atom is 0.227 e. The third-order valence-electron chi connectivity index (χ3n) is 2.49. The Morgan fingerprint density at radius 1 is 1.05 bits per heavy atom. The van der Waals surface area contributed by atoms with E-state index in [4.69, 9.17) is 22.1 Å². The van der Waals surface area contributed by atoms with Crippen molar-refractivity contribution in [1.82, 2.24) is 0 Å². The highest BCUT2D eigenvalue weighted by atomic mass is 35.5. The van der Waals surface area contributed by atoms with Crippen molar-refractivity contribution in [3.8, 4) is 11.5 Å². The lowest BCUT2D eigenvalue weighted by molar-refractivity contribution is -0.115. The van der Waals surface area contributed by atoms with Crippen LogP contribution in [-0.4, -0.2) is 11.7 Å². The Hall–Kier alpha value is -1.65. The average Bonchev–Trinajstić information content (AvgIpc) is 2.43. The van der Waals surface area contributed by atoms with Crippen LogP contribution in [0.4, 0.5) is 0 Å². The van der Waals surface area contributed by atoms with Gasteiger partial charge in [0, 0.05) is 10.8 Å². The van der Waals surface area contributed by atoms with E-state index < -0.39 is 0 Å². The molecule has 1 amide bonds. The third-order valence-corrected chi connectivity index (χ3v) is 3.76. The van der Waals surface area contributed by atoms with Crippen LogP contribution in [0, 0.1) is 0 Å². The molecule has 0 spiro atoms. The first-order valence-electron chi connectivity index (χ1n) is 6.02. The maximum atomic E-state index is 10.6. The van der Waals surface area contributed by atoms with Crippen molar-refractivity contribution in [3.63, 3.8) is 0 Å². The van der Waals surface area contributed by atoms with Crippen molar-refractivity contribution >= 4 is 29.3 Å². The van der Waals surface area contributed by atoms with Gasteiger partial charge in [0.25, 0.3) is 0 Å². The molecular weight excluding hydrogens is 294 g/mol. The standard InChI is InChI=1S/C15H14ClNO2S/c16-12-3-7-14(8-4-12)19-13-5-1-11(2-6-13)9-20-10-15(17)18/h1-8H,9-10H2,(H2,17,18). The predicted octanol–water partition coefficient (Wildman–Crippen LogP) is 3.85. The molecule has 2 aromatic rings. The smallest absolute Gasteiger partial charge is 0.227 e. The zero-order chi connectivity index (χ0) is 14.4. The van der Waals surface area contributed by atoms with Crippen LogP contribution in [0.5, 0.6) is 11.5 Å². The number of carbonyl (C=O) groups is 1. The van der Waals surface area contributed by atoms with Crippen LogP contribution in [0.25, 0.3) is 0 Å².